The molecule has 0 amide bonds. The summed E-state index contributed by atoms with van der Waals surface area (Å²) in [6.45, 7) is 2.40. The lowest BCUT2D eigenvalue weighted by atomic mass is 10.1. The average molecular weight is 416 g/mol. The Balaban J connectivity index is 1.46. The quantitative estimate of drug-likeness (QED) is 0.432. The first-order valence-electron chi connectivity index (χ1n) is 10.1. The van der Waals surface area contributed by atoms with Gasteiger partial charge < -0.3 is 26.0 Å². The zero-order valence-electron chi connectivity index (χ0n) is 16.5. The molecule has 1 aliphatic carbocycles. The Bertz CT molecular complexity index is 1050. The van der Waals surface area contributed by atoms with E-state index in [-0.39, 0.29) is 11.6 Å². The Morgan fingerprint density at radius 2 is 2.03 bits per heavy atom. The average Bonchev–Trinajstić information content (AvgIpc) is 3.51. The highest BCUT2D eigenvalue weighted by Crippen LogP contribution is 2.38. The predicted molar refractivity (Wildman–Crippen MR) is 104 cm³/mol. The van der Waals surface area contributed by atoms with Crippen LogP contribution < -0.4 is 11.1 Å². The summed E-state index contributed by atoms with van der Waals surface area (Å²) in [4.78, 5) is 14.5. The van der Waals surface area contributed by atoms with E-state index >= 15 is 0 Å². The largest absolute Gasteiger partial charge is 0.387 e. The van der Waals surface area contributed by atoms with E-state index in [2.05, 4.69) is 35.7 Å². The van der Waals surface area contributed by atoms with Gasteiger partial charge in [0.05, 0.1) is 12.9 Å². The lowest BCUT2D eigenvalue weighted by molar-refractivity contribution is -0.0384. The Morgan fingerprint density at radius 1 is 1.23 bits per heavy atom. The van der Waals surface area contributed by atoms with E-state index in [1.165, 1.54) is 24.0 Å². The molecule has 3 aromatic heterocycles. The number of ether oxygens (including phenoxy) is 1. The molecule has 0 aromatic carbocycles. The molecule has 30 heavy (non-hydrogen) atoms. The van der Waals surface area contributed by atoms with Gasteiger partial charge in [-0.05, 0) is 25.0 Å². The standard InChI is InChI=1S/C17H24N10O3/c1-2-27-24-14(23-25-27)12-10(28)11(29)16(30-12)26-7-19-9-13(18)21-17(22-15(9)26)20-8-5-3-4-6-8/h7-8,10-12,16,28-29H,2-6H2,1H3,(H3,18,20,21,22)/t10-,11+,12-,16+/m0/s1. The maximum atomic E-state index is 10.7. The van der Waals surface area contributed by atoms with Crippen LogP contribution in [0.15, 0.2) is 6.33 Å². The van der Waals surface area contributed by atoms with Gasteiger partial charge in [-0.15, -0.1) is 10.2 Å². The zero-order valence-corrected chi connectivity index (χ0v) is 16.5. The van der Waals surface area contributed by atoms with Crippen LogP contribution in [0.1, 0.15) is 50.8 Å². The molecule has 5 rings (SSSR count). The molecule has 3 aromatic rings. The number of aliphatic hydroxyl groups excluding tert-OH is 2. The molecule has 0 unspecified atom stereocenters. The van der Waals surface area contributed by atoms with Crippen LogP contribution in [0.5, 0.6) is 0 Å². The van der Waals surface area contributed by atoms with Crippen molar-refractivity contribution >= 4 is 22.9 Å². The number of nitrogens with zero attached hydrogens (tertiary/aromatic N) is 8. The minimum atomic E-state index is -1.25. The van der Waals surface area contributed by atoms with Gasteiger partial charge in [-0.3, -0.25) is 4.57 Å². The van der Waals surface area contributed by atoms with Gasteiger partial charge in [0.2, 0.25) is 11.8 Å². The van der Waals surface area contributed by atoms with E-state index in [0.717, 1.165) is 12.8 Å². The fourth-order valence-electron chi connectivity index (χ4n) is 4.05. The molecule has 160 valence electrons. The van der Waals surface area contributed by atoms with Gasteiger partial charge in [0, 0.05) is 6.04 Å². The van der Waals surface area contributed by atoms with Crippen molar-refractivity contribution in [1.82, 2.24) is 39.7 Å². The van der Waals surface area contributed by atoms with Crippen LogP contribution in [0.4, 0.5) is 11.8 Å². The van der Waals surface area contributed by atoms with Crippen LogP contribution in [0.2, 0.25) is 0 Å². The van der Waals surface area contributed by atoms with E-state index in [1.54, 1.807) is 4.57 Å². The summed E-state index contributed by atoms with van der Waals surface area (Å²) in [6.07, 6.45) is 1.57. The number of nitrogen functional groups attached to an aromatic ring is 1. The second-order valence-corrected chi connectivity index (χ2v) is 7.65. The third kappa shape index (κ3) is 3.14. The predicted octanol–water partition coefficient (Wildman–Crippen LogP) is -0.239. The molecule has 1 saturated carbocycles. The number of rotatable bonds is 5. The maximum absolute atomic E-state index is 10.7. The van der Waals surface area contributed by atoms with Crippen molar-refractivity contribution in [2.24, 2.45) is 0 Å². The number of imidazole rings is 1. The fourth-order valence-corrected chi connectivity index (χ4v) is 4.05. The summed E-state index contributed by atoms with van der Waals surface area (Å²) >= 11 is 0. The highest BCUT2D eigenvalue weighted by molar-refractivity contribution is 5.83. The van der Waals surface area contributed by atoms with Crippen molar-refractivity contribution in [2.45, 2.75) is 69.7 Å². The summed E-state index contributed by atoms with van der Waals surface area (Å²) < 4.78 is 7.47. The molecule has 4 atom stereocenters. The SMILES string of the molecule is CCn1nnc([C@H]2O[C@@H](n3cnc4c(N)nc(NC5CCCC5)nc43)[C@H](O)[C@@H]2O)n1. The van der Waals surface area contributed by atoms with Crippen molar-refractivity contribution in [3.05, 3.63) is 12.2 Å². The molecule has 0 bridgehead atoms. The first-order valence-corrected chi connectivity index (χ1v) is 10.1. The monoisotopic (exact) mass is 416 g/mol. The van der Waals surface area contributed by atoms with E-state index in [1.807, 2.05) is 6.92 Å². The first kappa shape index (κ1) is 19.1. The van der Waals surface area contributed by atoms with Crippen molar-refractivity contribution < 1.29 is 14.9 Å². The summed E-state index contributed by atoms with van der Waals surface area (Å²) in [5.41, 5.74) is 6.90. The van der Waals surface area contributed by atoms with Gasteiger partial charge in [-0.2, -0.15) is 14.8 Å². The summed E-state index contributed by atoms with van der Waals surface area (Å²) in [6, 6.07) is 0.310. The number of tetrazole rings is 1. The molecule has 13 heteroatoms. The van der Waals surface area contributed by atoms with Gasteiger partial charge in [-0.25, -0.2) is 4.98 Å². The van der Waals surface area contributed by atoms with Gasteiger partial charge in [0.1, 0.15) is 17.7 Å². The molecule has 2 aliphatic rings. The first-order chi connectivity index (χ1) is 14.5. The summed E-state index contributed by atoms with van der Waals surface area (Å²) in [7, 11) is 0. The van der Waals surface area contributed by atoms with Crippen LogP contribution in [0.3, 0.4) is 0 Å². The Hall–Kier alpha value is -2.90. The number of hydrogen-bond donors (Lipinski definition) is 4. The van der Waals surface area contributed by atoms with Gasteiger partial charge >= 0.3 is 0 Å². The highest BCUT2D eigenvalue weighted by Gasteiger charge is 2.47. The van der Waals surface area contributed by atoms with Crippen molar-refractivity contribution in [3.63, 3.8) is 0 Å². The summed E-state index contributed by atoms with van der Waals surface area (Å²) in [5.74, 6) is 0.843. The third-order valence-corrected chi connectivity index (χ3v) is 5.65. The van der Waals surface area contributed by atoms with Gasteiger partial charge in [0.15, 0.2) is 23.8 Å². The minimum Gasteiger partial charge on any atom is -0.387 e. The van der Waals surface area contributed by atoms with Crippen LogP contribution in [0, 0.1) is 0 Å². The number of fused-ring (bicyclic) bond motifs is 1. The number of aliphatic hydroxyl groups is 2. The second kappa shape index (κ2) is 7.41. The summed E-state index contributed by atoms with van der Waals surface area (Å²) in [5, 5.41) is 36.5. The maximum Gasteiger partial charge on any atom is 0.226 e. The third-order valence-electron chi connectivity index (χ3n) is 5.65. The smallest absolute Gasteiger partial charge is 0.226 e. The van der Waals surface area contributed by atoms with E-state index < -0.39 is 24.5 Å². The van der Waals surface area contributed by atoms with Crippen LogP contribution in [-0.4, -0.2) is 68.2 Å². The lowest BCUT2D eigenvalue weighted by Gasteiger charge is -2.17. The molecular formula is C17H24N10O3. The second-order valence-electron chi connectivity index (χ2n) is 7.65. The Morgan fingerprint density at radius 3 is 2.77 bits per heavy atom. The zero-order chi connectivity index (χ0) is 20.8. The Labute approximate surface area is 171 Å². The molecule has 0 spiro atoms. The normalized spacial score (nSPS) is 27.3. The van der Waals surface area contributed by atoms with Crippen LogP contribution in [0.25, 0.3) is 11.2 Å². The number of hydrogen-bond acceptors (Lipinski definition) is 11. The topological polar surface area (TPSA) is 175 Å². The molecule has 1 saturated heterocycles. The van der Waals surface area contributed by atoms with E-state index in [9.17, 15) is 10.2 Å². The Kier molecular flexibility index (Phi) is 4.72. The van der Waals surface area contributed by atoms with Crippen LogP contribution in [-0.2, 0) is 11.3 Å². The van der Waals surface area contributed by atoms with Crippen molar-refractivity contribution in [1.29, 1.82) is 0 Å². The fraction of sp³-hybridized carbons (Fsp3) is 0.647. The number of nitrogens with one attached hydrogen (secondary N) is 1. The van der Waals surface area contributed by atoms with E-state index in [0.29, 0.717) is 29.7 Å². The number of nitrogens with two attached hydrogens (primary N) is 1. The van der Waals surface area contributed by atoms with E-state index in [4.69, 9.17) is 10.5 Å². The molecule has 0 radical (unpaired) electrons. The van der Waals surface area contributed by atoms with Gasteiger partial charge in [-0.1, -0.05) is 12.8 Å². The molecular weight excluding hydrogens is 392 g/mol. The van der Waals surface area contributed by atoms with Crippen molar-refractivity contribution in [3.8, 4) is 0 Å². The van der Waals surface area contributed by atoms with Crippen molar-refractivity contribution in [2.75, 3.05) is 11.1 Å². The minimum absolute atomic E-state index is 0.202. The molecule has 4 heterocycles. The highest BCUT2D eigenvalue weighted by atomic mass is 16.6. The number of aromatic nitrogens is 8. The number of aryl methyl sites for hydroxylation is 1. The number of anilines is 2. The van der Waals surface area contributed by atoms with Gasteiger partial charge in [0.25, 0.3) is 0 Å². The molecule has 5 N–H and O–H groups in total. The molecule has 13 nitrogen and oxygen atoms in total. The van der Waals surface area contributed by atoms with Crippen LogP contribution >= 0.6 is 0 Å². The lowest BCUT2D eigenvalue weighted by Crippen LogP contribution is -2.29. The molecule has 2 fully saturated rings. The molecule has 1 aliphatic heterocycles.